The van der Waals surface area contributed by atoms with Crippen LogP contribution in [0.3, 0.4) is 0 Å². The SMILES string of the molecule is CN[C@H]1C[C@@H](O)[C@H](SC)C1.CN[C@H]1C[C@H](SC)[C@@H](O)C1.CS[C@@H]1C[C@@H]([NH3+])C[C@H]1O.CS[C@H]1C[C@H]([NH3+])C[C@@H]1O.[Cl-].[Cl-]. The fraction of sp³-hybridized carbons (Fsp3) is 1.00. The van der Waals surface area contributed by atoms with E-state index in [0.29, 0.717) is 45.2 Å². The molecule has 0 amide bonds. The molecule has 0 heterocycles. The first-order valence-corrected chi connectivity index (χ1v) is 19.0. The Labute approximate surface area is 273 Å². The highest BCUT2D eigenvalue weighted by Gasteiger charge is 2.33. The van der Waals surface area contributed by atoms with Crippen LogP contribution in [0.15, 0.2) is 0 Å². The number of hydrogen-bond acceptors (Lipinski definition) is 10. The van der Waals surface area contributed by atoms with Crippen LogP contribution in [0.1, 0.15) is 51.4 Å². The summed E-state index contributed by atoms with van der Waals surface area (Å²) >= 11 is 7.05. The Kier molecular flexibility index (Phi) is 26.2. The van der Waals surface area contributed by atoms with Gasteiger partial charge < -0.3 is 67.3 Å². The van der Waals surface area contributed by atoms with E-state index in [1.807, 2.05) is 26.6 Å². The zero-order valence-electron chi connectivity index (χ0n) is 25.2. The molecule has 0 spiro atoms. The molecular weight excluding hydrogens is 631 g/mol. The molecule has 0 unspecified atom stereocenters. The van der Waals surface area contributed by atoms with Crippen molar-refractivity contribution in [1.82, 2.24) is 10.6 Å². The van der Waals surface area contributed by atoms with Crippen molar-refractivity contribution in [3.63, 3.8) is 0 Å². The quantitative estimate of drug-likeness (QED) is 0.135. The Morgan fingerprint density at radius 3 is 0.850 bits per heavy atom. The van der Waals surface area contributed by atoms with Gasteiger partial charge in [0.25, 0.3) is 0 Å². The van der Waals surface area contributed by atoms with E-state index in [1.165, 1.54) is 0 Å². The number of hydrogen-bond donors (Lipinski definition) is 8. The van der Waals surface area contributed by atoms with Crippen molar-refractivity contribution in [2.75, 3.05) is 39.1 Å². The first-order chi connectivity index (χ1) is 18.0. The number of rotatable bonds is 6. The number of aliphatic hydroxyl groups is 4. The van der Waals surface area contributed by atoms with Gasteiger partial charge in [0.15, 0.2) is 0 Å². The van der Waals surface area contributed by atoms with E-state index in [0.717, 1.165) is 51.4 Å². The van der Waals surface area contributed by atoms with Crippen molar-refractivity contribution in [3.8, 4) is 0 Å². The fourth-order valence-electron chi connectivity index (χ4n) is 5.59. The average molecular weight is 690 g/mol. The maximum absolute atomic E-state index is 9.43. The lowest BCUT2D eigenvalue weighted by atomic mass is 10.2. The minimum Gasteiger partial charge on any atom is -1.00 e. The highest BCUT2D eigenvalue weighted by molar-refractivity contribution is 7.99. The van der Waals surface area contributed by atoms with Gasteiger partial charge in [0.05, 0.1) is 36.5 Å². The van der Waals surface area contributed by atoms with Crippen molar-refractivity contribution in [3.05, 3.63) is 0 Å². The van der Waals surface area contributed by atoms with E-state index in [1.54, 1.807) is 47.0 Å². The molecule has 12 N–H and O–H groups in total. The Bertz CT molecular complexity index is 579. The summed E-state index contributed by atoms with van der Waals surface area (Å²) < 4.78 is 0. The third kappa shape index (κ3) is 15.6. The number of aliphatic hydroxyl groups excluding tert-OH is 4. The Morgan fingerprint density at radius 2 is 0.725 bits per heavy atom. The molecule has 14 heteroatoms. The van der Waals surface area contributed by atoms with Crippen molar-refractivity contribution in [2.45, 2.75) is 121 Å². The maximum atomic E-state index is 9.43. The van der Waals surface area contributed by atoms with Gasteiger partial charge in [-0.2, -0.15) is 47.0 Å². The van der Waals surface area contributed by atoms with Crippen molar-refractivity contribution >= 4 is 47.0 Å². The largest absolute Gasteiger partial charge is 1.00 e. The predicted molar refractivity (Wildman–Crippen MR) is 169 cm³/mol. The second kappa shape index (κ2) is 24.0. The van der Waals surface area contributed by atoms with Crippen LogP contribution in [-0.4, -0.2) is 129 Å². The van der Waals surface area contributed by atoms with Gasteiger partial charge in [-0.15, -0.1) is 0 Å². The molecule has 4 saturated carbocycles. The van der Waals surface area contributed by atoms with Crippen LogP contribution in [0.2, 0.25) is 0 Å². The lowest BCUT2D eigenvalue weighted by molar-refractivity contribution is -0.418. The van der Waals surface area contributed by atoms with E-state index in [2.05, 4.69) is 34.6 Å². The first-order valence-electron chi connectivity index (χ1n) is 13.9. The number of quaternary nitrogens is 2. The predicted octanol–water partition coefficient (Wildman–Crippen LogP) is -6.10. The Hall–Kier alpha value is 1.66. The Balaban J connectivity index is 0. The molecule has 244 valence electrons. The molecule has 4 aliphatic rings. The van der Waals surface area contributed by atoms with Crippen molar-refractivity contribution < 1.29 is 56.7 Å². The summed E-state index contributed by atoms with van der Waals surface area (Å²) in [4.78, 5) is 0. The van der Waals surface area contributed by atoms with Gasteiger partial charge in [-0.05, 0) is 64.8 Å². The van der Waals surface area contributed by atoms with Gasteiger partial charge in [0, 0.05) is 58.8 Å². The summed E-state index contributed by atoms with van der Waals surface area (Å²) in [5, 5.41) is 45.6. The molecule has 40 heavy (non-hydrogen) atoms. The lowest BCUT2D eigenvalue weighted by Gasteiger charge is -2.08. The minimum absolute atomic E-state index is 0. The second-order valence-corrected chi connectivity index (χ2v) is 15.3. The molecule has 4 aliphatic carbocycles. The normalized spacial score (nSPS) is 39.9. The third-order valence-electron chi connectivity index (χ3n) is 8.11. The summed E-state index contributed by atoms with van der Waals surface area (Å²) in [5.41, 5.74) is 7.83. The third-order valence-corrected chi connectivity index (χ3v) is 12.6. The van der Waals surface area contributed by atoms with E-state index >= 15 is 0 Å². The molecular formula is C26H58Cl2N4O4S4. The van der Waals surface area contributed by atoms with E-state index in [9.17, 15) is 20.4 Å². The lowest BCUT2D eigenvalue weighted by Crippen LogP contribution is -3.00. The number of nitrogens with one attached hydrogen (secondary N) is 2. The topological polar surface area (TPSA) is 160 Å². The highest BCUT2D eigenvalue weighted by atomic mass is 35.5. The fourth-order valence-corrected chi connectivity index (χ4v) is 9.07. The smallest absolute Gasteiger partial charge is 0.0880 e. The standard InChI is InChI=1S/2C7H15NOS.2C6H13NOS.2ClH/c2*1-8-5-3-6(9)7(4-5)10-2;2*1-9-6-3-4(7)2-5(6)8;;/h2*5-9H,3-4H2,1-2H3;2*4-6,8H,2-3,7H2,1H3;2*1H/t2*5-,6+,7+;2*4-,5+,6+;;/m1010../s1. The molecule has 0 aromatic rings. The molecule has 0 saturated heterocycles. The highest BCUT2D eigenvalue weighted by Crippen LogP contribution is 2.29. The molecule has 4 rings (SSSR count). The van der Waals surface area contributed by atoms with Gasteiger partial charge in [0.2, 0.25) is 0 Å². The van der Waals surface area contributed by atoms with Gasteiger partial charge in [-0.25, -0.2) is 0 Å². The molecule has 0 aromatic carbocycles. The maximum Gasteiger partial charge on any atom is 0.0880 e. The van der Waals surface area contributed by atoms with Crippen LogP contribution in [0.5, 0.6) is 0 Å². The van der Waals surface area contributed by atoms with Crippen LogP contribution in [0.25, 0.3) is 0 Å². The summed E-state index contributed by atoms with van der Waals surface area (Å²) in [6.07, 6.45) is 15.9. The molecule has 0 aliphatic heterocycles. The van der Waals surface area contributed by atoms with Gasteiger partial charge >= 0.3 is 0 Å². The molecule has 4 fully saturated rings. The zero-order chi connectivity index (χ0) is 28.8. The van der Waals surface area contributed by atoms with E-state index in [-0.39, 0.29) is 49.2 Å². The summed E-state index contributed by atoms with van der Waals surface area (Å²) in [5.74, 6) is 0. The monoisotopic (exact) mass is 688 g/mol. The van der Waals surface area contributed by atoms with Gasteiger partial charge in [0.1, 0.15) is 0 Å². The Morgan fingerprint density at radius 1 is 0.475 bits per heavy atom. The second-order valence-electron chi connectivity index (χ2n) is 11.0. The first kappa shape index (κ1) is 43.8. The minimum atomic E-state index is -0.0949. The van der Waals surface area contributed by atoms with Crippen LogP contribution >= 0.6 is 47.0 Å². The van der Waals surface area contributed by atoms with E-state index in [4.69, 9.17) is 0 Å². The van der Waals surface area contributed by atoms with Crippen molar-refractivity contribution in [2.24, 2.45) is 0 Å². The van der Waals surface area contributed by atoms with Crippen LogP contribution in [0.4, 0.5) is 0 Å². The van der Waals surface area contributed by atoms with Crippen LogP contribution in [0, 0.1) is 0 Å². The van der Waals surface area contributed by atoms with Gasteiger partial charge in [-0.3, -0.25) is 0 Å². The molecule has 8 nitrogen and oxygen atoms in total. The van der Waals surface area contributed by atoms with Crippen molar-refractivity contribution in [1.29, 1.82) is 0 Å². The molecule has 0 aromatic heterocycles. The number of thioether (sulfide) groups is 4. The van der Waals surface area contributed by atoms with E-state index < -0.39 is 0 Å². The molecule has 0 radical (unpaired) electrons. The molecule has 0 bridgehead atoms. The molecule has 12 atom stereocenters. The number of halogens is 2. The van der Waals surface area contributed by atoms with Crippen LogP contribution < -0.4 is 46.9 Å². The summed E-state index contributed by atoms with van der Waals surface area (Å²) in [7, 11) is 3.92. The summed E-state index contributed by atoms with van der Waals surface area (Å²) in [6.45, 7) is 0. The average Bonchev–Trinajstić information content (AvgIpc) is 3.64. The zero-order valence-corrected chi connectivity index (χ0v) is 30.0. The van der Waals surface area contributed by atoms with Gasteiger partial charge in [-0.1, -0.05) is 0 Å². The van der Waals surface area contributed by atoms with Crippen LogP contribution in [-0.2, 0) is 0 Å². The summed E-state index contributed by atoms with van der Waals surface area (Å²) in [6, 6.07) is 2.04.